The molecule has 0 bridgehead atoms. The number of hydrogen-bond donors (Lipinski definition) is 2. The van der Waals surface area contributed by atoms with Crippen molar-refractivity contribution < 1.29 is 14.7 Å². The summed E-state index contributed by atoms with van der Waals surface area (Å²) in [6.07, 6.45) is 3.63. The fourth-order valence-corrected chi connectivity index (χ4v) is 2.88. The van der Waals surface area contributed by atoms with Gasteiger partial charge < -0.3 is 15.0 Å². The van der Waals surface area contributed by atoms with Gasteiger partial charge in [0.2, 0.25) is 5.56 Å². The molecule has 2 N–H and O–H groups in total. The number of aliphatic carboxylic acids is 1. The molecule has 6 nitrogen and oxygen atoms in total. The van der Waals surface area contributed by atoms with Gasteiger partial charge in [-0.1, -0.05) is 13.3 Å². The molecule has 0 saturated carbocycles. The molecule has 1 aliphatic heterocycles. The number of aromatic amines is 1. The fraction of sp³-hybridized carbons (Fsp3) is 0.500. The molecule has 1 aromatic heterocycles. The lowest BCUT2D eigenvalue weighted by Gasteiger charge is -2.34. The number of nitrogens with one attached hydrogen (secondary N) is 1. The quantitative estimate of drug-likeness (QED) is 0.866. The number of H-pyrrole nitrogens is 1. The third-order valence-electron chi connectivity index (χ3n) is 3.83. The monoisotopic (exact) mass is 278 g/mol. The topological polar surface area (TPSA) is 90.5 Å². The van der Waals surface area contributed by atoms with Gasteiger partial charge in [-0.05, 0) is 25.3 Å². The average Bonchev–Trinajstić information content (AvgIpc) is 2.84. The van der Waals surface area contributed by atoms with E-state index in [9.17, 15) is 19.5 Å². The fourth-order valence-electron chi connectivity index (χ4n) is 2.88. The second-order valence-electron chi connectivity index (χ2n) is 5.09. The zero-order chi connectivity index (χ0) is 14.8. The van der Waals surface area contributed by atoms with E-state index >= 15 is 0 Å². The van der Waals surface area contributed by atoms with Crippen molar-refractivity contribution in [1.82, 2.24) is 9.88 Å². The molecule has 1 saturated heterocycles. The van der Waals surface area contributed by atoms with Crippen LogP contribution in [0.25, 0.3) is 0 Å². The van der Waals surface area contributed by atoms with E-state index in [1.54, 1.807) is 0 Å². The molecule has 2 heterocycles. The first-order chi connectivity index (χ1) is 9.51. The SMILES string of the molecule is CCCC1(C(=O)O)CCCN1C(=O)c1ccc(=O)[nH]c1. The van der Waals surface area contributed by atoms with Crippen LogP contribution in [0.3, 0.4) is 0 Å². The van der Waals surface area contributed by atoms with E-state index in [-0.39, 0.29) is 11.5 Å². The van der Waals surface area contributed by atoms with Crippen LogP contribution in [-0.4, -0.2) is 39.0 Å². The summed E-state index contributed by atoms with van der Waals surface area (Å²) in [5.41, 5.74) is -1.09. The first-order valence-corrected chi connectivity index (χ1v) is 6.75. The maximum atomic E-state index is 12.5. The third kappa shape index (κ3) is 2.33. The van der Waals surface area contributed by atoms with Crippen LogP contribution in [-0.2, 0) is 4.79 Å². The lowest BCUT2D eigenvalue weighted by Crippen LogP contribution is -2.53. The molecule has 1 unspecified atom stereocenters. The Morgan fingerprint density at radius 2 is 2.20 bits per heavy atom. The van der Waals surface area contributed by atoms with Crippen molar-refractivity contribution >= 4 is 11.9 Å². The van der Waals surface area contributed by atoms with Crippen molar-refractivity contribution in [3.8, 4) is 0 Å². The average molecular weight is 278 g/mol. The van der Waals surface area contributed by atoms with Crippen molar-refractivity contribution in [2.75, 3.05) is 6.54 Å². The van der Waals surface area contributed by atoms with Gasteiger partial charge in [-0.25, -0.2) is 4.79 Å². The van der Waals surface area contributed by atoms with Crippen LogP contribution in [0.5, 0.6) is 0 Å². The Bertz CT molecular complexity index is 560. The Morgan fingerprint density at radius 3 is 2.75 bits per heavy atom. The molecule has 2 rings (SSSR count). The van der Waals surface area contributed by atoms with Gasteiger partial charge in [0.25, 0.3) is 5.91 Å². The highest BCUT2D eigenvalue weighted by atomic mass is 16.4. The molecule has 1 aromatic rings. The number of likely N-dealkylation sites (tertiary alicyclic amines) is 1. The van der Waals surface area contributed by atoms with E-state index in [1.807, 2.05) is 6.92 Å². The van der Waals surface area contributed by atoms with Gasteiger partial charge in [-0.2, -0.15) is 0 Å². The van der Waals surface area contributed by atoms with E-state index in [4.69, 9.17) is 0 Å². The van der Waals surface area contributed by atoms with Crippen LogP contribution >= 0.6 is 0 Å². The smallest absolute Gasteiger partial charge is 0.329 e. The Kier molecular flexibility index (Phi) is 3.92. The van der Waals surface area contributed by atoms with E-state index in [0.717, 1.165) is 0 Å². The zero-order valence-corrected chi connectivity index (χ0v) is 11.4. The molecule has 108 valence electrons. The number of carbonyl (C=O) groups is 2. The molecule has 1 fully saturated rings. The van der Waals surface area contributed by atoms with E-state index in [1.165, 1.54) is 23.2 Å². The standard InChI is InChI=1S/C14H18N2O4/c1-2-6-14(13(19)20)7-3-8-16(14)12(18)10-4-5-11(17)15-9-10/h4-5,9H,2-3,6-8H2,1H3,(H,15,17)(H,19,20). The van der Waals surface area contributed by atoms with E-state index in [0.29, 0.717) is 37.8 Å². The van der Waals surface area contributed by atoms with Gasteiger partial charge in [0.15, 0.2) is 0 Å². The summed E-state index contributed by atoms with van der Waals surface area (Å²) >= 11 is 0. The van der Waals surface area contributed by atoms with Gasteiger partial charge in [0, 0.05) is 18.8 Å². The van der Waals surface area contributed by atoms with Crippen molar-refractivity contribution in [2.45, 2.75) is 38.1 Å². The number of carbonyl (C=O) groups excluding carboxylic acids is 1. The molecule has 0 spiro atoms. The minimum Gasteiger partial charge on any atom is -0.479 e. The summed E-state index contributed by atoms with van der Waals surface area (Å²) in [7, 11) is 0. The maximum Gasteiger partial charge on any atom is 0.329 e. The van der Waals surface area contributed by atoms with Crippen molar-refractivity contribution in [1.29, 1.82) is 0 Å². The molecule has 20 heavy (non-hydrogen) atoms. The Hall–Kier alpha value is -2.11. The van der Waals surface area contributed by atoms with Crippen LogP contribution in [0, 0.1) is 0 Å². The number of rotatable bonds is 4. The largest absolute Gasteiger partial charge is 0.479 e. The Balaban J connectivity index is 2.34. The first-order valence-electron chi connectivity index (χ1n) is 6.75. The van der Waals surface area contributed by atoms with Gasteiger partial charge in [0.05, 0.1) is 5.56 Å². The highest BCUT2D eigenvalue weighted by molar-refractivity contribution is 5.98. The minimum absolute atomic E-state index is 0.291. The second-order valence-corrected chi connectivity index (χ2v) is 5.09. The van der Waals surface area contributed by atoms with Gasteiger partial charge in [0.1, 0.15) is 5.54 Å². The molecule has 0 aliphatic carbocycles. The maximum absolute atomic E-state index is 12.5. The number of hydrogen-bond acceptors (Lipinski definition) is 3. The number of amides is 1. The van der Waals surface area contributed by atoms with Gasteiger partial charge in [-0.15, -0.1) is 0 Å². The summed E-state index contributed by atoms with van der Waals surface area (Å²) in [5, 5.41) is 9.55. The molecule has 1 amide bonds. The molecule has 6 heteroatoms. The Labute approximate surface area is 116 Å². The van der Waals surface area contributed by atoms with Crippen molar-refractivity contribution in [3.63, 3.8) is 0 Å². The number of carboxylic acid groups (broad SMARTS) is 1. The number of carboxylic acids is 1. The number of pyridine rings is 1. The predicted molar refractivity (Wildman–Crippen MR) is 72.6 cm³/mol. The molecular weight excluding hydrogens is 260 g/mol. The van der Waals surface area contributed by atoms with Crippen LogP contribution < -0.4 is 5.56 Å². The normalized spacial score (nSPS) is 21.9. The predicted octanol–water partition coefficient (Wildman–Crippen LogP) is 1.23. The zero-order valence-electron chi connectivity index (χ0n) is 11.4. The summed E-state index contributed by atoms with van der Waals surface area (Å²) in [6.45, 7) is 2.34. The Morgan fingerprint density at radius 1 is 1.45 bits per heavy atom. The van der Waals surface area contributed by atoms with Crippen molar-refractivity contribution in [2.24, 2.45) is 0 Å². The van der Waals surface area contributed by atoms with E-state index in [2.05, 4.69) is 4.98 Å². The lowest BCUT2D eigenvalue weighted by molar-refractivity contribution is -0.148. The van der Waals surface area contributed by atoms with Crippen LogP contribution in [0.4, 0.5) is 0 Å². The molecule has 0 aromatic carbocycles. The summed E-state index contributed by atoms with van der Waals surface area (Å²) in [6, 6.07) is 2.70. The molecule has 1 aliphatic rings. The summed E-state index contributed by atoms with van der Waals surface area (Å²) in [4.78, 5) is 39.1. The van der Waals surface area contributed by atoms with Gasteiger partial charge >= 0.3 is 5.97 Å². The summed E-state index contributed by atoms with van der Waals surface area (Å²) < 4.78 is 0. The van der Waals surface area contributed by atoms with Crippen LogP contribution in [0.1, 0.15) is 43.0 Å². The lowest BCUT2D eigenvalue weighted by atomic mass is 9.90. The van der Waals surface area contributed by atoms with Crippen molar-refractivity contribution in [3.05, 3.63) is 34.2 Å². The highest BCUT2D eigenvalue weighted by Crippen LogP contribution is 2.35. The number of nitrogens with zero attached hydrogens (tertiary/aromatic N) is 1. The molecule has 0 radical (unpaired) electrons. The van der Waals surface area contributed by atoms with Gasteiger partial charge in [-0.3, -0.25) is 9.59 Å². The highest BCUT2D eigenvalue weighted by Gasteiger charge is 2.49. The second kappa shape index (κ2) is 5.48. The van der Waals surface area contributed by atoms with Crippen LogP contribution in [0.15, 0.2) is 23.1 Å². The number of aromatic nitrogens is 1. The first kappa shape index (κ1) is 14.3. The minimum atomic E-state index is -1.11. The van der Waals surface area contributed by atoms with E-state index < -0.39 is 11.5 Å². The third-order valence-corrected chi connectivity index (χ3v) is 3.83. The molecular formula is C14H18N2O4. The summed E-state index contributed by atoms with van der Waals surface area (Å²) in [5.74, 6) is -1.29. The molecule has 1 atom stereocenters. The van der Waals surface area contributed by atoms with Crippen LogP contribution in [0.2, 0.25) is 0 Å².